The van der Waals surface area contributed by atoms with Gasteiger partial charge in [0.25, 0.3) is 18.8 Å². The number of rotatable bonds is 2. The fraction of sp³-hybridized carbons (Fsp3) is 0.500. The second kappa shape index (κ2) is 11.5. The molecule has 1 atom stereocenters. The van der Waals surface area contributed by atoms with E-state index in [1.165, 1.54) is 6.92 Å². The van der Waals surface area contributed by atoms with E-state index in [0.717, 1.165) is 6.92 Å². The molecule has 0 aromatic heterocycles. The third-order valence-electron chi connectivity index (χ3n) is 0.573. The minimum absolute atomic E-state index is 0.176. The summed E-state index contributed by atoms with van der Waals surface area (Å²) >= 11 is 0. The molecular weight excluding hydrogens is 233 g/mol. The lowest BCUT2D eigenvalue weighted by Crippen LogP contribution is -2.08. The molecule has 0 fully saturated rings. The Morgan fingerprint density at radius 2 is 1.25 bits per heavy atom. The molecule has 16 heavy (non-hydrogen) atoms. The summed E-state index contributed by atoms with van der Waals surface area (Å²) in [4.78, 5) is 18.6. The summed E-state index contributed by atoms with van der Waals surface area (Å²) in [6.07, 6.45) is -6.24. The fourth-order valence-corrected chi connectivity index (χ4v) is 0. The highest BCUT2D eigenvalue weighted by Crippen LogP contribution is 1.98. The highest BCUT2D eigenvalue weighted by molar-refractivity contribution is 5.84. The molecule has 3 N–H and O–H groups in total. The van der Waals surface area contributed by atoms with Crippen molar-refractivity contribution in [3.8, 4) is 0 Å². The summed E-state index contributed by atoms with van der Waals surface area (Å²) in [5.41, 5.74) is 0.176. The van der Waals surface area contributed by atoms with Crippen LogP contribution in [-0.2, 0) is 9.59 Å². The second-order valence-electron chi connectivity index (χ2n) is 2.31. The maximum Gasteiger partial charge on any atom is 0.330 e. The molecular formula is C8H13F3O5. The largest absolute Gasteiger partial charge is 0.481 e. The minimum Gasteiger partial charge on any atom is -0.481 e. The van der Waals surface area contributed by atoms with Crippen LogP contribution in [0.5, 0.6) is 0 Å². The normalized spacial score (nSPS) is 10.2. The fourth-order valence-electron chi connectivity index (χ4n) is 0. The highest BCUT2D eigenvalue weighted by atomic mass is 19.3. The van der Waals surface area contributed by atoms with Crippen molar-refractivity contribution in [1.82, 2.24) is 0 Å². The lowest BCUT2D eigenvalue weighted by molar-refractivity contribution is -0.134. The molecule has 0 saturated carbocycles. The molecule has 8 heteroatoms. The van der Waals surface area contributed by atoms with Gasteiger partial charge in [0.15, 0.2) is 0 Å². The Morgan fingerprint density at radius 1 is 1.12 bits per heavy atom. The van der Waals surface area contributed by atoms with Gasteiger partial charge in [-0.1, -0.05) is 6.58 Å². The molecule has 96 valence electrons. The quantitative estimate of drug-likeness (QED) is 0.638. The number of hydrogen-bond donors (Lipinski definition) is 3. The number of halogens is 3. The molecule has 0 aliphatic heterocycles. The molecule has 0 bridgehead atoms. The zero-order valence-electron chi connectivity index (χ0n) is 8.65. The maximum atomic E-state index is 10.6. The van der Waals surface area contributed by atoms with E-state index in [0.29, 0.717) is 0 Å². The summed E-state index contributed by atoms with van der Waals surface area (Å²) in [6, 6.07) is 0. The van der Waals surface area contributed by atoms with Crippen LogP contribution in [0, 0.1) is 0 Å². The van der Waals surface area contributed by atoms with Crippen molar-refractivity contribution >= 4 is 11.9 Å². The van der Waals surface area contributed by atoms with Crippen molar-refractivity contribution in [3.05, 3.63) is 12.2 Å². The summed E-state index contributed by atoms with van der Waals surface area (Å²) in [5.74, 6) is -1.77. The van der Waals surface area contributed by atoms with Gasteiger partial charge in [-0.3, -0.25) is 4.79 Å². The van der Waals surface area contributed by atoms with E-state index < -0.39 is 24.7 Å². The number of carboxylic acids is 2. The number of alkyl halides is 3. The number of carboxylic acid groups (broad SMARTS) is 2. The van der Waals surface area contributed by atoms with Gasteiger partial charge in [0.05, 0.1) is 0 Å². The SMILES string of the molecule is C=C(C)C(=O)O.CC(=O)O.OC(F)C(F)F. The van der Waals surface area contributed by atoms with Crippen LogP contribution in [0.3, 0.4) is 0 Å². The maximum absolute atomic E-state index is 10.6. The molecule has 0 amide bonds. The van der Waals surface area contributed by atoms with Crippen molar-refractivity contribution < 1.29 is 38.1 Å². The summed E-state index contributed by atoms with van der Waals surface area (Å²) in [5, 5.41) is 22.5. The molecule has 0 spiro atoms. The second-order valence-corrected chi connectivity index (χ2v) is 2.31. The van der Waals surface area contributed by atoms with Crippen LogP contribution in [0.1, 0.15) is 13.8 Å². The van der Waals surface area contributed by atoms with Crippen molar-refractivity contribution in [2.75, 3.05) is 0 Å². The van der Waals surface area contributed by atoms with E-state index >= 15 is 0 Å². The Kier molecular flexibility index (Phi) is 14.3. The van der Waals surface area contributed by atoms with E-state index in [-0.39, 0.29) is 5.57 Å². The molecule has 0 rings (SSSR count). The molecule has 0 radical (unpaired) electrons. The van der Waals surface area contributed by atoms with Crippen LogP contribution in [0.2, 0.25) is 0 Å². The van der Waals surface area contributed by atoms with E-state index in [9.17, 15) is 18.0 Å². The molecule has 1 unspecified atom stereocenters. The molecule has 0 aromatic carbocycles. The first-order chi connectivity index (χ1) is 7.02. The smallest absolute Gasteiger partial charge is 0.330 e. The Hall–Kier alpha value is -1.57. The highest BCUT2D eigenvalue weighted by Gasteiger charge is 2.12. The summed E-state index contributed by atoms with van der Waals surface area (Å²) in [7, 11) is 0. The Morgan fingerprint density at radius 3 is 1.25 bits per heavy atom. The van der Waals surface area contributed by atoms with Gasteiger partial charge in [-0.15, -0.1) is 0 Å². The first kappa shape index (κ1) is 19.9. The van der Waals surface area contributed by atoms with Gasteiger partial charge in [-0.25, -0.2) is 18.0 Å². The lowest BCUT2D eigenvalue weighted by atomic mass is 10.4. The first-order valence-electron chi connectivity index (χ1n) is 3.71. The molecule has 5 nitrogen and oxygen atoms in total. The molecule has 0 aliphatic rings. The number of hydrogen-bond acceptors (Lipinski definition) is 3. The number of aliphatic carboxylic acids is 2. The lowest BCUT2D eigenvalue weighted by Gasteiger charge is -1.92. The van der Waals surface area contributed by atoms with Crippen LogP contribution >= 0.6 is 0 Å². The van der Waals surface area contributed by atoms with Crippen LogP contribution in [0.15, 0.2) is 12.2 Å². The van der Waals surface area contributed by atoms with E-state index in [1.807, 2.05) is 0 Å². The van der Waals surface area contributed by atoms with E-state index in [4.69, 9.17) is 20.1 Å². The zero-order valence-corrected chi connectivity index (χ0v) is 8.65. The zero-order chi connectivity index (χ0) is 13.9. The van der Waals surface area contributed by atoms with E-state index in [1.54, 1.807) is 0 Å². The molecule has 0 aliphatic carbocycles. The average Bonchev–Trinajstić information content (AvgIpc) is 2.03. The van der Waals surface area contributed by atoms with Crippen LogP contribution < -0.4 is 0 Å². The van der Waals surface area contributed by atoms with Crippen LogP contribution in [-0.4, -0.2) is 40.0 Å². The minimum atomic E-state index is -3.26. The van der Waals surface area contributed by atoms with Gasteiger partial charge in [0.1, 0.15) is 0 Å². The van der Waals surface area contributed by atoms with Gasteiger partial charge in [-0.2, -0.15) is 0 Å². The third-order valence-corrected chi connectivity index (χ3v) is 0.573. The molecule has 0 heterocycles. The van der Waals surface area contributed by atoms with Crippen molar-refractivity contribution in [3.63, 3.8) is 0 Å². The molecule has 0 saturated heterocycles. The third kappa shape index (κ3) is 39.3. The molecule has 0 aromatic rings. The number of aliphatic hydroxyl groups excluding tert-OH is 1. The van der Waals surface area contributed by atoms with Crippen LogP contribution in [0.25, 0.3) is 0 Å². The van der Waals surface area contributed by atoms with Gasteiger partial charge in [-0.05, 0) is 6.92 Å². The van der Waals surface area contributed by atoms with E-state index in [2.05, 4.69) is 6.58 Å². The van der Waals surface area contributed by atoms with Crippen molar-refractivity contribution in [2.24, 2.45) is 0 Å². The average molecular weight is 246 g/mol. The Bertz CT molecular complexity index is 206. The monoisotopic (exact) mass is 246 g/mol. The standard InChI is InChI=1S/C4H6O2.C2H3F3O.C2H4O2/c1-3(2)4(5)6;3-1(4)2(5)6;1-2(3)4/h1H2,2H3,(H,5,6);1-2,6H;1H3,(H,3,4). The predicted octanol–water partition coefficient (Wildman–Crippen LogP) is 1.28. The van der Waals surface area contributed by atoms with Gasteiger partial charge < -0.3 is 15.3 Å². The summed E-state index contributed by atoms with van der Waals surface area (Å²) < 4.78 is 31.7. The topological polar surface area (TPSA) is 94.8 Å². The van der Waals surface area contributed by atoms with Gasteiger partial charge >= 0.3 is 5.97 Å². The first-order valence-corrected chi connectivity index (χ1v) is 3.71. The predicted molar refractivity (Wildman–Crippen MR) is 48.9 cm³/mol. The number of aliphatic hydroxyl groups is 1. The van der Waals surface area contributed by atoms with Gasteiger partial charge in [0, 0.05) is 12.5 Å². The van der Waals surface area contributed by atoms with Gasteiger partial charge in [0.2, 0.25) is 0 Å². The Labute approximate surface area is 89.8 Å². The van der Waals surface area contributed by atoms with Crippen molar-refractivity contribution in [2.45, 2.75) is 26.6 Å². The van der Waals surface area contributed by atoms with Crippen LogP contribution in [0.4, 0.5) is 13.2 Å². The summed E-state index contributed by atoms with van der Waals surface area (Å²) in [6.45, 7) is 5.69. The number of carbonyl (C=O) groups is 2. The Balaban J connectivity index is -0.000000162. The van der Waals surface area contributed by atoms with Crippen molar-refractivity contribution in [1.29, 1.82) is 0 Å².